The fourth-order valence-corrected chi connectivity index (χ4v) is 9.27. The van der Waals surface area contributed by atoms with Gasteiger partial charge in [0.2, 0.25) is 5.95 Å². The van der Waals surface area contributed by atoms with Crippen molar-refractivity contribution in [2.45, 2.75) is 0 Å². The Labute approximate surface area is 352 Å². The molecule has 0 radical (unpaired) electrons. The number of hydrogen-bond donors (Lipinski definition) is 0. The van der Waals surface area contributed by atoms with Crippen LogP contribution in [-0.4, -0.2) is 19.5 Å². The van der Waals surface area contributed by atoms with Gasteiger partial charge < -0.3 is 0 Å². The van der Waals surface area contributed by atoms with Gasteiger partial charge in [-0.2, -0.15) is 9.97 Å². The summed E-state index contributed by atoms with van der Waals surface area (Å²) < 4.78 is 2.27. The summed E-state index contributed by atoms with van der Waals surface area (Å²) in [7, 11) is 0. The van der Waals surface area contributed by atoms with E-state index >= 15 is 0 Å². The van der Waals surface area contributed by atoms with Crippen LogP contribution in [-0.2, 0) is 0 Å². The quantitative estimate of drug-likeness (QED) is 0.158. The first-order valence-electron chi connectivity index (χ1n) is 20.7. The molecule has 0 amide bonds. The highest BCUT2D eigenvalue weighted by molar-refractivity contribution is 6.25. The first-order chi connectivity index (χ1) is 30.3. The van der Waals surface area contributed by atoms with Gasteiger partial charge in [-0.05, 0) is 78.3 Å². The fraction of sp³-hybridized carbons (Fsp3) is 0. The Kier molecular flexibility index (Phi) is 8.13. The fourth-order valence-electron chi connectivity index (χ4n) is 9.27. The van der Waals surface area contributed by atoms with Crippen LogP contribution in [0.15, 0.2) is 218 Å². The molecule has 0 saturated carbocycles. The average molecular weight is 777 g/mol. The molecule has 61 heavy (non-hydrogen) atoms. The summed E-state index contributed by atoms with van der Waals surface area (Å²) in [6, 6.07) is 77.5. The van der Waals surface area contributed by atoms with Crippen LogP contribution < -0.4 is 0 Å². The molecule has 4 heteroatoms. The summed E-state index contributed by atoms with van der Waals surface area (Å²) >= 11 is 0. The Morgan fingerprint density at radius 3 is 1.46 bits per heavy atom. The molecule has 284 valence electrons. The zero-order chi connectivity index (χ0) is 40.3. The molecule has 0 spiro atoms. The van der Waals surface area contributed by atoms with E-state index in [1.165, 1.54) is 37.9 Å². The topological polar surface area (TPSA) is 43.6 Å². The van der Waals surface area contributed by atoms with E-state index in [0.29, 0.717) is 17.6 Å². The van der Waals surface area contributed by atoms with Crippen LogP contribution in [0.1, 0.15) is 0 Å². The van der Waals surface area contributed by atoms with E-state index in [-0.39, 0.29) is 0 Å². The van der Waals surface area contributed by atoms with Gasteiger partial charge in [0.05, 0.1) is 11.0 Å². The standard InChI is InChI=1S/C57H36N4/c1-4-17-37(18-5-1)40-23-14-24-41(35-40)44-30-15-31-50-53-43(38-19-6-2-7-20-38)29-16-32-52(53)61(54(44)50)57-59-55(39-21-8-3-9-22-39)58-56(60-57)42-33-34-49-47-27-11-10-25-45(47)46-26-12-13-28-48(46)51(49)36-42/h1-36H. The molecule has 0 bridgehead atoms. The van der Waals surface area contributed by atoms with E-state index in [0.717, 1.165) is 60.8 Å². The van der Waals surface area contributed by atoms with Gasteiger partial charge >= 0.3 is 0 Å². The zero-order valence-corrected chi connectivity index (χ0v) is 33.1. The maximum atomic E-state index is 5.46. The Balaban J connectivity index is 1.17. The number of aromatic nitrogens is 4. The van der Waals surface area contributed by atoms with E-state index in [1.54, 1.807) is 0 Å². The molecule has 0 atom stereocenters. The SMILES string of the molecule is c1ccc(-c2cccc(-c3cccc4c5c(-c6ccccc6)cccc5n(-c5nc(-c6ccccc6)nc(-c6ccc7c8ccccc8c8ccccc8c7c6)n5)c34)c2)cc1. The molecule has 0 aliphatic carbocycles. The molecule has 0 N–H and O–H groups in total. The predicted molar refractivity (Wildman–Crippen MR) is 254 cm³/mol. The highest BCUT2D eigenvalue weighted by atomic mass is 15.2. The third-order valence-electron chi connectivity index (χ3n) is 12.0. The normalized spacial score (nSPS) is 11.6. The van der Waals surface area contributed by atoms with Crippen molar-refractivity contribution < 1.29 is 0 Å². The van der Waals surface area contributed by atoms with Gasteiger partial charge in [0.1, 0.15) is 0 Å². The predicted octanol–water partition coefficient (Wildman–Crippen LogP) is 14.8. The monoisotopic (exact) mass is 776 g/mol. The highest BCUT2D eigenvalue weighted by Gasteiger charge is 2.23. The molecular formula is C57H36N4. The number of rotatable bonds is 6. The second-order valence-electron chi connectivity index (χ2n) is 15.5. The van der Waals surface area contributed by atoms with Crippen LogP contribution in [0.4, 0.5) is 0 Å². The van der Waals surface area contributed by atoms with Crippen LogP contribution in [0.2, 0.25) is 0 Å². The van der Waals surface area contributed by atoms with Gasteiger partial charge in [0.15, 0.2) is 11.6 Å². The van der Waals surface area contributed by atoms with E-state index < -0.39 is 0 Å². The van der Waals surface area contributed by atoms with Gasteiger partial charge in [-0.25, -0.2) is 4.98 Å². The Bertz CT molecular complexity index is 3600. The molecule has 2 heterocycles. The largest absolute Gasteiger partial charge is 0.277 e. The molecular weight excluding hydrogens is 741 g/mol. The van der Waals surface area contributed by atoms with E-state index in [2.05, 4.69) is 205 Å². The third-order valence-corrected chi connectivity index (χ3v) is 12.0. The van der Waals surface area contributed by atoms with Crippen molar-refractivity contribution >= 4 is 54.1 Å². The number of nitrogens with zero attached hydrogens (tertiary/aromatic N) is 4. The Hall–Kier alpha value is -8.21. The molecule has 2 aromatic heterocycles. The van der Waals surface area contributed by atoms with Crippen molar-refractivity contribution in [1.82, 2.24) is 19.5 Å². The molecule has 0 aliphatic rings. The minimum Gasteiger partial charge on any atom is -0.277 e. The van der Waals surface area contributed by atoms with Crippen molar-refractivity contribution in [2.75, 3.05) is 0 Å². The second kappa shape index (κ2) is 14.3. The molecule has 12 rings (SSSR count). The molecule has 0 saturated heterocycles. The second-order valence-corrected chi connectivity index (χ2v) is 15.5. The molecule has 0 fully saturated rings. The summed E-state index contributed by atoms with van der Waals surface area (Å²) in [6.07, 6.45) is 0. The average Bonchev–Trinajstić information content (AvgIpc) is 3.70. The molecule has 10 aromatic carbocycles. The zero-order valence-electron chi connectivity index (χ0n) is 33.1. The molecule has 12 aromatic rings. The van der Waals surface area contributed by atoms with Crippen LogP contribution in [0, 0.1) is 0 Å². The van der Waals surface area contributed by atoms with Crippen LogP contribution in [0.25, 0.3) is 116 Å². The van der Waals surface area contributed by atoms with E-state index in [4.69, 9.17) is 15.0 Å². The summed E-state index contributed by atoms with van der Waals surface area (Å²) in [5.74, 6) is 1.78. The highest BCUT2D eigenvalue weighted by Crippen LogP contribution is 2.43. The lowest BCUT2D eigenvalue weighted by Crippen LogP contribution is -2.07. The Morgan fingerprint density at radius 1 is 0.279 bits per heavy atom. The smallest absolute Gasteiger partial charge is 0.238 e. The van der Waals surface area contributed by atoms with Crippen molar-refractivity contribution in [2.24, 2.45) is 0 Å². The lowest BCUT2D eigenvalue weighted by Gasteiger charge is -2.14. The Morgan fingerprint density at radius 2 is 0.770 bits per heavy atom. The van der Waals surface area contributed by atoms with Crippen LogP contribution >= 0.6 is 0 Å². The number of para-hydroxylation sites is 1. The van der Waals surface area contributed by atoms with E-state index in [9.17, 15) is 0 Å². The van der Waals surface area contributed by atoms with E-state index in [1.807, 2.05) is 18.2 Å². The summed E-state index contributed by atoms with van der Waals surface area (Å²) in [4.78, 5) is 16.1. The lowest BCUT2D eigenvalue weighted by atomic mass is 9.93. The van der Waals surface area contributed by atoms with Crippen molar-refractivity contribution in [1.29, 1.82) is 0 Å². The third kappa shape index (κ3) is 5.80. The van der Waals surface area contributed by atoms with Crippen LogP contribution in [0.3, 0.4) is 0 Å². The van der Waals surface area contributed by atoms with Crippen molar-refractivity contribution in [3.8, 4) is 62.1 Å². The van der Waals surface area contributed by atoms with Gasteiger partial charge in [0.25, 0.3) is 0 Å². The number of hydrogen-bond acceptors (Lipinski definition) is 3. The van der Waals surface area contributed by atoms with Crippen LogP contribution in [0.5, 0.6) is 0 Å². The van der Waals surface area contributed by atoms with Crippen molar-refractivity contribution in [3.05, 3.63) is 218 Å². The van der Waals surface area contributed by atoms with Gasteiger partial charge in [-0.3, -0.25) is 4.57 Å². The minimum atomic E-state index is 0.559. The summed E-state index contributed by atoms with van der Waals surface area (Å²) in [6.45, 7) is 0. The lowest BCUT2D eigenvalue weighted by molar-refractivity contribution is 0.954. The summed E-state index contributed by atoms with van der Waals surface area (Å²) in [5.41, 5.74) is 10.8. The molecule has 0 aliphatic heterocycles. The minimum absolute atomic E-state index is 0.559. The maximum Gasteiger partial charge on any atom is 0.238 e. The number of fused-ring (bicyclic) bond motifs is 9. The van der Waals surface area contributed by atoms with Gasteiger partial charge in [0, 0.05) is 27.5 Å². The van der Waals surface area contributed by atoms with Gasteiger partial charge in [-0.15, -0.1) is 0 Å². The van der Waals surface area contributed by atoms with Crippen molar-refractivity contribution in [3.63, 3.8) is 0 Å². The maximum absolute atomic E-state index is 5.46. The number of benzene rings is 10. The first kappa shape index (κ1) is 34.8. The van der Waals surface area contributed by atoms with Gasteiger partial charge in [-0.1, -0.05) is 200 Å². The molecule has 4 nitrogen and oxygen atoms in total. The summed E-state index contributed by atoms with van der Waals surface area (Å²) in [5, 5.41) is 9.56. The first-order valence-corrected chi connectivity index (χ1v) is 20.7. The molecule has 0 unspecified atom stereocenters.